The standard InChI is InChI=1S/C28H32N4O4S/c1-5-7-11-25-31-32-28(37-25)30-27(33)22(18-29)16-21-12-13-23(24(17-21)34-6-2)35-14-15-36-26-19(3)9-8-10-20(26)4/h8-10,12-13,16-17H,5-7,11,14-15H2,1-4H3,(H,30,32,33). The molecule has 3 aromatic rings. The number of anilines is 1. The van der Waals surface area contributed by atoms with Gasteiger partial charge < -0.3 is 14.2 Å². The molecule has 0 atom stereocenters. The summed E-state index contributed by atoms with van der Waals surface area (Å²) in [5, 5.41) is 21.6. The molecular formula is C28H32N4O4S. The molecule has 0 fully saturated rings. The first-order valence-electron chi connectivity index (χ1n) is 12.3. The summed E-state index contributed by atoms with van der Waals surface area (Å²) >= 11 is 1.32. The summed E-state index contributed by atoms with van der Waals surface area (Å²) in [7, 11) is 0. The number of nitrogens with zero attached hydrogens (tertiary/aromatic N) is 3. The lowest BCUT2D eigenvalue weighted by atomic mass is 10.1. The fraction of sp³-hybridized carbons (Fsp3) is 0.357. The van der Waals surface area contributed by atoms with Gasteiger partial charge in [0.15, 0.2) is 11.5 Å². The van der Waals surface area contributed by atoms with E-state index in [1.165, 1.54) is 17.4 Å². The predicted octanol–water partition coefficient (Wildman–Crippen LogP) is 5.90. The largest absolute Gasteiger partial charge is 0.490 e. The van der Waals surface area contributed by atoms with Gasteiger partial charge in [-0.05, 0) is 62.1 Å². The number of nitrogens with one attached hydrogen (secondary N) is 1. The highest BCUT2D eigenvalue weighted by Gasteiger charge is 2.14. The number of amides is 1. The molecule has 9 heteroatoms. The monoisotopic (exact) mass is 520 g/mol. The molecule has 194 valence electrons. The lowest BCUT2D eigenvalue weighted by Crippen LogP contribution is -2.13. The number of aromatic nitrogens is 2. The minimum absolute atomic E-state index is 0.0524. The molecule has 2 aromatic carbocycles. The van der Waals surface area contributed by atoms with E-state index in [1.807, 2.05) is 45.0 Å². The van der Waals surface area contributed by atoms with Crippen LogP contribution in [0.5, 0.6) is 17.2 Å². The minimum Gasteiger partial charge on any atom is -0.490 e. The van der Waals surface area contributed by atoms with E-state index < -0.39 is 5.91 Å². The molecule has 0 spiro atoms. The van der Waals surface area contributed by atoms with E-state index in [9.17, 15) is 10.1 Å². The average Bonchev–Trinajstić information content (AvgIpc) is 3.33. The third-order valence-electron chi connectivity index (χ3n) is 5.37. The van der Waals surface area contributed by atoms with Crippen molar-refractivity contribution in [2.45, 2.75) is 47.0 Å². The molecule has 0 aliphatic rings. The molecule has 1 aromatic heterocycles. The number of rotatable bonds is 13. The Morgan fingerprint density at radius 2 is 1.81 bits per heavy atom. The Morgan fingerprint density at radius 3 is 2.51 bits per heavy atom. The van der Waals surface area contributed by atoms with Crippen molar-refractivity contribution in [2.75, 3.05) is 25.1 Å². The van der Waals surface area contributed by atoms with Crippen LogP contribution in [-0.4, -0.2) is 35.9 Å². The minimum atomic E-state index is -0.539. The maximum absolute atomic E-state index is 12.7. The normalized spacial score (nSPS) is 11.1. The fourth-order valence-corrected chi connectivity index (χ4v) is 4.31. The predicted molar refractivity (Wildman–Crippen MR) is 145 cm³/mol. The van der Waals surface area contributed by atoms with Crippen molar-refractivity contribution >= 4 is 28.5 Å². The quantitative estimate of drug-likeness (QED) is 0.170. The fourth-order valence-electron chi connectivity index (χ4n) is 3.54. The Hall–Kier alpha value is -3.90. The summed E-state index contributed by atoms with van der Waals surface area (Å²) in [6, 6.07) is 13.2. The van der Waals surface area contributed by atoms with Crippen molar-refractivity contribution in [1.29, 1.82) is 5.26 Å². The SMILES string of the molecule is CCCCc1nnc(NC(=O)C(C#N)=Cc2ccc(OCCOc3c(C)cccc3C)c(OCC)c2)s1. The molecule has 8 nitrogen and oxygen atoms in total. The molecule has 0 aliphatic carbocycles. The molecule has 0 saturated heterocycles. The van der Waals surface area contributed by atoms with Crippen LogP contribution in [0.3, 0.4) is 0 Å². The van der Waals surface area contributed by atoms with Gasteiger partial charge in [-0.3, -0.25) is 10.1 Å². The first-order chi connectivity index (χ1) is 17.9. The van der Waals surface area contributed by atoms with E-state index in [-0.39, 0.29) is 5.57 Å². The van der Waals surface area contributed by atoms with Crippen LogP contribution in [0.25, 0.3) is 6.08 Å². The molecule has 0 radical (unpaired) electrons. The Kier molecular flexibility index (Phi) is 10.5. The second kappa shape index (κ2) is 14.0. The molecule has 3 rings (SSSR count). The first-order valence-corrected chi connectivity index (χ1v) is 13.1. The van der Waals surface area contributed by atoms with Crippen molar-refractivity contribution in [2.24, 2.45) is 0 Å². The number of hydrogen-bond donors (Lipinski definition) is 1. The summed E-state index contributed by atoms with van der Waals surface area (Å²) in [6.07, 6.45) is 4.38. The van der Waals surface area contributed by atoms with Crippen molar-refractivity contribution in [3.63, 3.8) is 0 Å². The maximum atomic E-state index is 12.7. The third kappa shape index (κ3) is 8.05. The highest BCUT2D eigenvalue weighted by atomic mass is 32.1. The summed E-state index contributed by atoms with van der Waals surface area (Å²) in [5.41, 5.74) is 2.73. The van der Waals surface area contributed by atoms with Crippen molar-refractivity contribution in [3.05, 3.63) is 63.7 Å². The number of carbonyl (C=O) groups excluding carboxylic acids is 1. The van der Waals surface area contributed by atoms with E-state index in [4.69, 9.17) is 14.2 Å². The van der Waals surface area contributed by atoms with E-state index >= 15 is 0 Å². The zero-order chi connectivity index (χ0) is 26.6. The molecule has 1 amide bonds. The van der Waals surface area contributed by atoms with Gasteiger partial charge in [-0.15, -0.1) is 10.2 Å². The molecule has 0 saturated carbocycles. The summed E-state index contributed by atoms with van der Waals surface area (Å²) in [5.74, 6) is 1.40. The van der Waals surface area contributed by atoms with Gasteiger partial charge in [0.05, 0.1) is 6.61 Å². The van der Waals surface area contributed by atoms with Gasteiger partial charge in [0.1, 0.15) is 35.6 Å². The summed E-state index contributed by atoms with van der Waals surface area (Å²) in [4.78, 5) is 12.7. The van der Waals surface area contributed by atoms with Crippen LogP contribution in [0, 0.1) is 25.2 Å². The lowest BCUT2D eigenvalue weighted by Gasteiger charge is -2.15. The Bertz CT molecular complexity index is 1260. The zero-order valence-electron chi connectivity index (χ0n) is 21.7. The highest BCUT2D eigenvalue weighted by molar-refractivity contribution is 7.15. The van der Waals surface area contributed by atoms with Crippen molar-refractivity contribution in [1.82, 2.24) is 10.2 Å². The second-order valence-electron chi connectivity index (χ2n) is 8.29. The number of ether oxygens (including phenoxy) is 3. The van der Waals surface area contributed by atoms with Crippen LogP contribution in [0.1, 0.15) is 48.4 Å². The number of unbranched alkanes of at least 4 members (excludes halogenated alkanes) is 1. The van der Waals surface area contributed by atoms with Gasteiger partial charge in [-0.2, -0.15) is 5.26 Å². The smallest absolute Gasteiger partial charge is 0.268 e. The number of nitriles is 1. The van der Waals surface area contributed by atoms with Gasteiger partial charge in [-0.25, -0.2) is 0 Å². The van der Waals surface area contributed by atoms with Gasteiger partial charge in [-0.1, -0.05) is 48.9 Å². The Balaban J connectivity index is 1.65. The summed E-state index contributed by atoms with van der Waals surface area (Å²) in [6.45, 7) is 9.15. The summed E-state index contributed by atoms with van der Waals surface area (Å²) < 4.78 is 17.6. The van der Waals surface area contributed by atoms with Crippen LogP contribution in [0.15, 0.2) is 42.0 Å². The molecule has 1 N–H and O–H groups in total. The maximum Gasteiger partial charge on any atom is 0.268 e. The van der Waals surface area contributed by atoms with Gasteiger partial charge in [0.2, 0.25) is 5.13 Å². The van der Waals surface area contributed by atoms with E-state index in [2.05, 4.69) is 22.4 Å². The number of aryl methyl sites for hydroxylation is 3. The zero-order valence-corrected chi connectivity index (χ0v) is 22.5. The number of hydrogen-bond acceptors (Lipinski definition) is 8. The van der Waals surface area contributed by atoms with Gasteiger partial charge >= 0.3 is 0 Å². The lowest BCUT2D eigenvalue weighted by molar-refractivity contribution is -0.112. The van der Waals surface area contributed by atoms with Crippen molar-refractivity contribution in [3.8, 4) is 23.3 Å². The highest BCUT2D eigenvalue weighted by Crippen LogP contribution is 2.30. The Morgan fingerprint density at radius 1 is 1.05 bits per heavy atom. The van der Waals surface area contributed by atoms with E-state index in [1.54, 1.807) is 18.2 Å². The van der Waals surface area contributed by atoms with Crippen LogP contribution in [-0.2, 0) is 11.2 Å². The molecule has 0 unspecified atom stereocenters. The number of para-hydroxylation sites is 1. The van der Waals surface area contributed by atoms with Gasteiger partial charge in [0, 0.05) is 6.42 Å². The van der Waals surface area contributed by atoms with E-state index in [0.29, 0.717) is 42.0 Å². The van der Waals surface area contributed by atoms with Crippen LogP contribution >= 0.6 is 11.3 Å². The van der Waals surface area contributed by atoms with Crippen molar-refractivity contribution < 1.29 is 19.0 Å². The van der Waals surface area contributed by atoms with Crippen LogP contribution < -0.4 is 19.5 Å². The topological polar surface area (TPSA) is 106 Å². The first kappa shape index (κ1) is 27.7. The third-order valence-corrected chi connectivity index (χ3v) is 6.27. The second-order valence-corrected chi connectivity index (χ2v) is 9.35. The molecular weight excluding hydrogens is 488 g/mol. The molecule has 1 heterocycles. The molecule has 37 heavy (non-hydrogen) atoms. The van der Waals surface area contributed by atoms with Crippen LogP contribution in [0.2, 0.25) is 0 Å². The number of benzene rings is 2. The molecule has 0 aliphatic heterocycles. The Labute approximate surface area is 221 Å². The van der Waals surface area contributed by atoms with Crippen LogP contribution in [0.4, 0.5) is 5.13 Å². The van der Waals surface area contributed by atoms with E-state index in [0.717, 1.165) is 41.1 Å². The molecule has 0 bridgehead atoms. The number of carbonyl (C=O) groups is 1. The average molecular weight is 521 g/mol. The van der Waals surface area contributed by atoms with Gasteiger partial charge in [0.25, 0.3) is 5.91 Å².